The number of carbonyl (C=O) groups excluding carboxylic acids is 2. The van der Waals surface area contributed by atoms with E-state index < -0.39 is 18.0 Å². The van der Waals surface area contributed by atoms with Gasteiger partial charge in [-0.05, 0) is 30.7 Å². The van der Waals surface area contributed by atoms with E-state index in [4.69, 9.17) is 19.2 Å². The maximum atomic E-state index is 13.7. The molecule has 0 saturated heterocycles. The van der Waals surface area contributed by atoms with Crippen LogP contribution in [0.25, 0.3) is 10.9 Å². The number of ether oxygens (including phenoxy) is 3. The molecule has 8 nitrogen and oxygen atoms in total. The average molecular weight is 524 g/mol. The average Bonchev–Trinajstić information content (AvgIpc) is 2.96. The van der Waals surface area contributed by atoms with E-state index in [-0.39, 0.29) is 0 Å². The van der Waals surface area contributed by atoms with Crippen molar-refractivity contribution in [3.8, 4) is 11.5 Å². The molecule has 198 valence electrons. The number of hydrogen-bond acceptors (Lipinski definition) is 7. The first-order valence-electron chi connectivity index (χ1n) is 13.1. The highest BCUT2D eigenvalue weighted by molar-refractivity contribution is 6.06. The third-order valence-corrected chi connectivity index (χ3v) is 7.04. The fourth-order valence-electron chi connectivity index (χ4n) is 5.09. The van der Waals surface area contributed by atoms with Crippen molar-refractivity contribution in [2.24, 2.45) is 0 Å². The standard InChI is InChI=1S/C31H29N3O5/c1-20(30(35)32-22-11-12-27-28(17-22)38-16-15-37-27)39-31(36)29-23-9-5-6-10-25(23)33-26-13-14-34(19-24(26)29)18-21-7-3-2-4-8-21/h2-12,17,20H,13-16,18-19H2,1H3,(H,32,35). The van der Waals surface area contributed by atoms with Crippen molar-refractivity contribution >= 4 is 28.5 Å². The van der Waals surface area contributed by atoms with Crippen LogP contribution < -0.4 is 14.8 Å². The third kappa shape index (κ3) is 5.28. The van der Waals surface area contributed by atoms with E-state index in [0.717, 1.165) is 41.7 Å². The summed E-state index contributed by atoms with van der Waals surface area (Å²) in [6.07, 6.45) is -0.287. The second-order valence-corrected chi connectivity index (χ2v) is 9.77. The maximum Gasteiger partial charge on any atom is 0.339 e. The van der Waals surface area contributed by atoms with E-state index in [1.165, 1.54) is 5.56 Å². The first-order valence-corrected chi connectivity index (χ1v) is 13.1. The Kier molecular flexibility index (Phi) is 6.85. The predicted octanol–water partition coefficient (Wildman–Crippen LogP) is 4.75. The monoisotopic (exact) mass is 523 g/mol. The normalized spacial score (nSPS) is 15.3. The molecule has 3 heterocycles. The highest BCUT2D eigenvalue weighted by Gasteiger charge is 2.29. The molecule has 0 spiro atoms. The van der Waals surface area contributed by atoms with Gasteiger partial charge in [0, 0.05) is 54.5 Å². The molecule has 2 aliphatic rings. The molecule has 3 aromatic carbocycles. The summed E-state index contributed by atoms with van der Waals surface area (Å²) < 4.78 is 16.9. The van der Waals surface area contributed by atoms with Crippen molar-refractivity contribution in [3.63, 3.8) is 0 Å². The Hall–Kier alpha value is -4.43. The molecular formula is C31H29N3O5. The lowest BCUT2D eigenvalue weighted by Gasteiger charge is -2.30. The molecule has 1 atom stereocenters. The SMILES string of the molecule is CC(OC(=O)c1c2c(nc3ccccc13)CCN(Cc1ccccc1)C2)C(=O)Nc1ccc2c(c1)OCCO2. The first kappa shape index (κ1) is 24.9. The van der Waals surface area contributed by atoms with E-state index in [2.05, 4.69) is 22.3 Å². The molecule has 4 aromatic rings. The van der Waals surface area contributed by atoms with Crippen LogP contribution in [0.5, 0.6) is 11.5 Å². The maximum absolute atomic E-state index is 13.7. The number of esters is 1. The van der Waals surface area contributed by atoms with Gasteiger partial charge in [0.25, 0.3) is 5.91 Å². The second-order valence-electron chi connectivity index (χ2n) is 9.77. The number of fused-ring (bicyclic) bond motifs is 3. The summed E-state index contributed by atoms with van der Waals surface area (Å²) in [6, 6.07) is 23.0. The van der Waals surface area contributed by atoms with Gasteiger partial charge in [0.1, 0.15) is 13.2 Å². The predicted molar refractivity (Wildman–Crippen MR) is 147 cm³/mol. The third-order valence-electron chi connectivity index (χ3n) is 7.04. The van der Waals surface area contributed by atoms with Crippen LogP contribution in [0.3, 0.4) is 0 Å². The van der Waals surface area contributed by atoms with Crippen molar-refractivity contribution in [1.29, 1.82) is 0 Å². The number of nitrogens with one attached hydrogen (secondary N) is 1. The number of nitrogens with zero attached hydrogens (tertiary/aromatic N) is 2. The van der Waals surface area contributed by atoms with Crippen LogP contribution >= 0.6 is 0 Å². The molecule has 0 saturated carbocycles. The molecule has 8 heteroatoms. The zero-order chi connectivity index (χ0) is 26.8. The van der Waals surface area contributed by atoms with Crippen LogP contribution in [-0.2, 0) is 29.0 Å². The van der Waals surface area contributed by atoms with Crippen molar-refractivity contribution in [1.82, 2.24) is 9.88 Å². The van der Waals surface area contributed by atoms with E-state index in [1.807, 2.05) is 42.5 Å². The van der Waals surface area contributed by atoms with E-state index in [9.17, 15) is 9.59 Å². The fraction of sp³-hybridized carbons (Fsp3) is 0.258. The Morgan fingerprint density at radius 2 is 1.77 bits per heavy atom. The van der Waals surface area contributed by atoms with Crippen LogP contribution in [0.1, 0.15) is 34.1 Å². The van der Waals surface area contributed by atoms with Gasteiger partial charge in [0.05, 0.1) is 11.1 Å². The fourth-order valence-corrected chi connectivity index (χ4v) is 5.09. The quantitative estimate of drug-likeness (QED) is 0.365. The number of pyridine rings is 1. The number of hydrogen-bond donors (Lipinski definition) is 1. The molecule has 39 heavy (non-hydrogen) atoms. The number of anilines is 1. The van der Waals surface area contributed by atoms with Gasteiger partial charge in [-0.15, -0.1) is 0 Å². The van der Waals surface area contributed by atoms with Crippen LogP contribution in [0, 0.1) is 0 Å². The van der Waals surface area contributed by atoms with Crippen molar-refractivity contribution < 1.29 is 23.8 Å². The number of benzene rings is 3. The minimum absolute atomic E-state index is 0.432. The lowest BCUT2D eigenvalue weighted by atomic mass is 9.95. The highest BCUT2D eigenvalue weighted by Crippen LogP contribution is 2.33. The summed E-state index contributed by atoms with van der Waals surface area (Å²) in [7, 11) is 0. The Morgan fingerprint density at radius 1 is 1.00 bits per heavy atom. The second kappa shape index (κ2) is 10.7. The zero-order valence-electron chi connectivity index (χ0n) is 21.7. The number of aromatic nitrogens is 1. The summed E-state index contributed by atoms with van der Waals surface area (Å²) in [6.45, 7) is 4.70. The van der Waals surface area contributed by atoms with Crippen LogP contribution in [0.4, 0.5) is 5.69 Å². The van der Waals surface area contributed by atoms with Crippen molar-refractivity contribution in [2.45, 2.75) is 32.5 Å². The van der Waals surface area contributed by atoms with Gasteiger partial charge in [-0.1, -0.05) is 48.5 Å². The molecular weight excluding hydrogens is 494 g/mol. The first-order chi connectivity index (χ1) is 19.0. The molecule has 1 amide bonds. The van der Waals surface area contributed by atoms with Crippen LogP contribution in [-0.4, -0.2) is 47.6 Å². The summed E-state index contributed by atoms with van der Waals surface area (Å²) >= 11 is 0. The molecule has 1 unspecified atom stereocenters. The van der Waals surface area contributed by atoms with Crippen LogP contribution in [0.2, 0.25) is 0 Å². The van der Waals surface area contributed by atoms with Gasteiger partial charge in [0.15, 0.2) is 17.6 Å². The smallest absolute Gasteiger partial charge is 0.339 e. The van der Waals surface area contributed by atoms with E-state index in [1.54, 1.807) is 25.1 Å². The Morgan fingerprint density at radius 3 is 2.62 bits per heavy atom. The highest BCUT2D eigenvalue weighted by atomic mass is 16.6. The Balaban J connectivity index is 1.23. The molecule has 1 aromatic heterocycles. The molecule has 2 aliphatic heterocycles. The minimum atomic E-state index is -1.02. The van der Waals surface area contributed by atoms with E-state index >= 15 is 0 Å². The largest absolute Gasteiger partial charge is 0.486 e. The van der Waals surface area contributed by atoms with Gasteiger partial charge in [0.2, 0.25) is 0 Å². The number of amides is 1. The lowest BCUT2D eigenvalue weighted by Crippen LogP contribution is -2.34. The number of rotatable bonds is 6. The van der Waals surface area contributed by atoms with Crippen molar-refractivity contribution in [2.75, 3.05) is 25.1 Å². The molecule has 1 N–H and O–H groups in total. The van der Waals surface area contributed by atoms with Gasteiger partial charge >= 0.3 is 5.97 Å². The minimum Gasteiger partial charge on any atom is -0.486 e. The molecule has 0 fully saturated rings. The molecule has 0 bridgehead atoms. The number of carbonyl (C=O) groups is 2. The van der Waals surface area contributed by atoms with Gasteiger partial charge in [-0.25, -0.2) is 4.79 Å². The lowest BCUT2D eigenvalue weighted by molar-refractivity contribution is -0.123. The van der Waals surface area contributed by atoms with Crippen molar-refractivity contribution in [3.05, 3.63) is 95.2 Å². The van der Waals surface area contributed by atoms with Crippen LogP contribution in [0.15, 0.2) is 72.8 Å². The Labute approximate surface area is 226 Å². The zero-order valence-corrected chi connectivity index (χ0v) is 21.7. The molecule has 6 rings (SSSR count). The topological polar surface area (TPSA) is 90.0 Å². The summed E-state index contributed by atoms with van der Waals surface area (Å²) in [5.74, 6) is 0.238. The van der Waals surface area contributed by atoms with Gasteiger partial charge in [-0.3, -0.25) is 14.7 Å². The summed E-state index contributed by atoms with van der Waals surface area (Å²) in [4.78, 5) is 33.8. The number of para-hydroxylation sites is 1. The van der Waals surface area contributed by atoms with E-state index in [0.29, 0.717) is 42.5 Å². The van der Waals surface area contributed by atoms with Gasteiger partial charge in [-0.2, -0.15) is 0 Å². The summed E-state index contributed by atoms with van der Waals surface area (Å²) in [5, 5.41) is 3.53. The van der Waals surface area contributed by atoms with Gasteiger partial charge < -0.3 is 19.5 Å². The molecule has 0 aliphatic carbocycles. The Bertz CT molecular complexity index is 1540. The summed E-state index contributed by atoms with van der Waals surface area (Å²) in [5.41, 5.74) is 4.73. The molecule has 0 radical (unpaired) electrons.